The molecule has 0 bridgehead atoms. The van der Waals surface area contributed by atoms with Crippen molar-refractivity contribution in [3.63, 3.8) is 0 Å². The zero-order valence-corrected chi connectivity index (χ0v) is 20.6. The lowest BCUT2D eigenvalue weighted by Gasteiger charge is -2.44. The molecule has 5 rings (SSSR count). The summed E-state index contributed by atoms with van der Waals surface area (Å²) in [5.74, 6) is 0.781. The van der Waals surface area contributed by atoms with Crippen molar-refractivity contribution < 1.29 is 28.6 Å². The van der Waals surface area contributed by atoms with Crippen LogP contribution < -0.4 is 14.8 Å². The fraction of sp³-hybridized carbons (Fsp3) is 0.444. The van der Waals surface area contributed by atoms with E-state index in [1.807, 2.05) is 43.0 Å². The lowest BCUT2D eigenvalue weighted by molar-refractivity contribution is -0.146. The van der Waals surface area contributed by atoms with Crippen LogP contribution in [0.1, 0.15) is 42.6 Å². The van der Waals surface area contributed by atoms with Crippen LogP contribution in [-0.2, 0) is 20.9 Å². The molecule has 9 heteroatoms. The highest BCUT2D eigenvalue weighted by molar-refractivity contribution is 5.98. The van der Waals surface area contributed by atoms with E-state index in [4.69, 9.17) is 14.2 Å². The molecule has 1 atom stereocenters. The first-order valence-corrected chi connectivity index (χ1v) is 12.4. The van der Waals surface area contributed by atoms with Gasteiger partial charge in [-0.1, -0.05) is 38.1 Å². The second kappa shape index (κ2) is 9.81. The van der Waals surface area contributed by atoms with Crippen LogP contribution in [0.15, 0.2) is 48.5 Å². The van der Waals surface area contributed by atoms with Gasteiger partial charge in [0.15, 0.2) is 11.5 Å². The normalized spacial score (nSPS) is 20.1. The van der Waals surface area contributed by atoms with E-state index in [1.54, 1.807) is 29.2 Å². The van der Waals surface area contributed by atoms with Crippen LogP contribution in [0.4, 0.5) is 0 Å². The van der Waals surface area contributed by atoms with Gasteiger partial charge in [-0.25, -0.2) is 0 Å². The van der Waals surface area contributed by atoms with Crippen LogP contribution in [0, 0.1) is 5.92 Å². The summed E-state index contributed by atoms with van der Waals surface area (Å²) in [7, 11) is 0. The highest BCUT2D eigenvalue weighted by Gasteiger charge is 2.54. The number of benzene rings is 2. The SMILES string of the molecule is CC(C)C(=O)N1CCC2(CC1)OC[C@@H](C(=O)NCc1ccc3c(c1)OCO3)N2C(=O)c1ccccc1. The number of carbonyl (C=O) groups excluding carboxylic acids is 3. The molecule has 2 aromatic rings. The molecule has 2 aromatic carbocycles. The van der Waals surface area contributed by atoms with Gasteiger partial charge in [0.2, 0.25) is 18.6 Å². The Morgan fingerprint density at radius 3 is 2.47 bits per heavy atom. The van der Waals surface area contributed by atoms with Gasteiger partial charge in [-0.2, -0.15) is 0 Å². The minimum absolute atomic E-state index is 0.0850. The molecule has 0 aromatic heterocycles. The van der Waals surface area contributed by atoms with Gasteiger partial charge in [-0.3, -0.25) is 19.3 Å². The van der Waals surface area contributed by atoms with Crippen LogP contribution in [0.25, 0.3) is 0 Å². The number of likely N-dealkylation sites (tertiary alicyclic amines) is 1. The molecule has 0 unspecified atom stereocenters. The number of carbonyl (C=O) groups is 3. The van der Waals surface area contributed by atoms with Gasteiger partial charge >= 0.3 is 0 Å². The van der Waals surface area contributed by atoms with Gasteiger partial charge in [0.1, 0.15) is 11.8 Å². The van der Waals surface area contributed by atoms with Gasteiger partial charge in [0, 0.05) is 44.0 Å². The van der Waals surface area contributed by atoms with Crippen molar-refractivity contribution in [1.29, 1.82) is 0 Å². The lowest BCUT2D eigenvalue weighted by atomic mass is 9.95. The summed E-state index contributed by atoms with van der Waals surface area (Å²) in [6.07, 6.45) is 0.909. The third-order valence-electron chi connectivity index (χ3n) is 7.06. The molecule has 2 saturated heterocycles. The molecule has 1 spiro atoms. The number of rotatable bonds is 5. The van der Waals surface area contributed by atoms with E-state index in [0.717, 1.165) is 5.56 Å². The van der Waals surface area contributed by atoms with Crippen LogP contribution in [0.5, 0.6) is 11.5 Å². The zero-order valence-electron chi connectivity index (χ0n) is 20.6. The summed E-state index contributed by atoms with van der Waals surface area (Å²) < 4.78 is 17.0. The van der Waals surface area contributed by atoms with Gasteiger partial charge in [0.05, 0.1) is 6.61 Å². The molecule has 2 fully saturated rings. The maximum Gasteiger partial charge on any atom is 0.256 e. The summed E-state index contributed by atoms with van der Waals surface area (Å²) in [6, 6.07) is 13.7. The molecular weight excluding hydrogens is 462 g/mol. The van der Waals surface area contributed by atoms with E-state index in [-0.39, 0.29) is 43.6 Å². The van der Waals surface area contributed by atoms with Crippen molar-refractivity contribution in [1.82, 2.24) is 15.1 Å². The number of hydrogen-bond donors (Lipinski definition) is 1. The van der Waals surface area contributed by atoms with Crippen molar-refractivity contribution in [2.45, 2.75) is 45.0 Å². The minimum atomic E-state index is -0.929. The molecule has 1 N–H and O–H groups in total. The van der Waals surface area contributed by atoms with Crippen molar-refractivity contribution in [2.75, 3.05) is 26.5 Å². The van der Waals surface area contributed by atoms with Crippen molar-refractivity contribution in [3.8, 4) is 11.5 Å². The van der Waals surface area contributed by atoms with Crippen molar-refractivity contribution in [2.24, 2.45) is 5.92 Å². The number of hydrogen-bond acceptors (Lipinski definition) is 6. The lowest BCUT2D eigenvalue weighted by Crippen LogP contribution is -2.60. The summed E-state index contributed by atoms with van der Waals surface area (Å²) in [6.45, 7) is 5.27. The summed E-state index contributed by atoms with van der Waals surface area (Å²) in [5.41, 5.74) is 0.431. The highest BCUT2D eigenvalue weighted by Crippen LogP contribution is 2.39. The number of ether oxygens (including phenoxy) is 3. The van der Waals surface area contributed by atoms with Crippen LogP contribution in [-0.4, -0.2) is 65.8 Å². The van der Waals surface area contributed by atoms with Crippen molar-refractivity contribution >= 4 is 17.7 Å². The Kier molecular flexibility index (Phi) is 6.57. The standard InChI is InChI=1S/C27H31N3O6/c1-18(2)25(32)29-12-10-27(11-13-29)30(26(33)20-6-4-3-5-7-20)21(16-36-27)24(31)28-15-19-8-9-22-23(14-19)35-17-34-22/h3-9,14,18,21H,10-13,15-17H2,1-2H3,(H,28,31)/t21-/m0/s1. The van der Waals surface area contributed by atoms with E-state index in [0.29, 0.717) is 43.0 Å². The van der Waals surface area contributed by atoms with Crippen LogP contribution in [0.2, 0.25) is 0 Å². The van der Waals surface area contributed by atoms with E-state index < -0.39 is 11.8 Å². The molecule has 190 valence electrons. The first kappa shape index (κ1) is 24.1. The first-order valence-electron chi connectivity index (χ1n) is 12.4. The topological polar surface area (TPSA) is 97.4 Å². The monoisotopic (exact) mass is 493 g/mol. The maximum absolute atomic E-state index is 13.7. The third-order valence-corrected chi connectivity index (χ3v) is 7.06. The number of fused-ring (bicyclic) bond motifs is 1. The minimum Gasteiger partial charge on any atom is -0.454 e. The van der Waals surface area contributed by atoms with Gasteiger partial charge in [-0.15, -0.1) is 0 Å². The van der Waals surface area contributed by atoms with E-state index >= 15 is 0 Å². The average molecular weight is 494 g/mol. The summed E-state index contributed by atoms with van der Waals surface area (Å²) in [4.78, 5) is 43.0. The first-order chi connectivity index (χ1) is 17.4. The van der Waals surface area contributed by atoms with Gasteiger partial charge < -0.3 is 24.4 Å². The highest BCUT2D eigenvalue weighted by atomic mass is 16.7. The molecular formula is C27H31N3O6. The Hall–Kier alpha value is -3.59. The van der Waals surface area contributed by atoms with E-state index in [2.05, 4.69) is 5.32 Å². The van der Waals surface area contributed by atoms with E-state index in [9.17, 15) is 14.4 Å². The molecule has 3 amide bonds. The molecule has 0 radical (unpaired) electrons. The predicted molar refractivity (Wildman–Crippen MR) is 130 cm³/mol. The summed E-state index contributed by atoms with van der Waals surface area (Å²) >= 11 is 0. The smallest absolute Gasteiger partial charge is 0.256 e. The predicted octanol–water partition coefficient (Wildman–Crippen LogP) is 2.55. The Labute approximate surface area is 210 Å². The Bertz CT molecular complexity index is 1140. The summed E-state index contributed by atoms with van der Waals surface area (Å²) in [5, 5.41) is 2.96. The van der Waals surface area contributed by atoms with Gasteiger partial charge in [0.25, 0.3) is 5.91 Å². The van der Waals surface area contributed by atoms with E-state index in [1.165, 1.54) is 0 Å². The number of nitrogens with zero attached hydrogens (tertiary/aromatic N) is 2. The number of nitrogens with one attached hydrogen (secondary N) is 1. The molecule has 3 aliphatic heterocycles. The zero-order chi connectivity index (χ0) is 25.3. The maximum atomic E-state index is 13.7. The molecule has 0 aliphatic carbocycles. The largest absolute Gasteiger partial charge is 0.454 e. The second-order valence-corrected chi connectivity index (χ2v) is 9.70. The third kappa shape index (κ3) is 4.51. The quantitative estimate of drug-likeness (QED) is 0.688. The fourth-order valence-electron chi connectivity index (χ4n) is 5.09. The van der Waals surface area contributed by atoms with Crippen LogP contribution >= 0.6 is 0 Å². The molecule has 3 aliphatic rings. The van der Waals surface area contributed by atoms with Crippen LogP contribution in [0.3, 0.4) is 0 Å². The molecule has 9 nitrogen and oxygen atoms in total. The van der Waals surface area contributed by atoms with Gasteiger partial charge in [-0.05, 0) is 29.8 Å². The Morgan fingerprint density at radius 1 is 1.03 bits per heavy atom. The Balaban J connectivity index is 1.34. The molecule has 36 heavy (non-hydrogen) atoms. The second-order valence-electron chi connectivity index (χ2n) is 9.70. The number of amides is 3. The molecule has 3 heterocycles. The fourth-order valence-corrected chi connectivity index (χ4v) is 5.09. The van der Waals surface area contributed by atoms with Crippen molar-refractivity contribution in [3.05, 3.63) is 59.7 Å². The Morgan fingerprint density at radius 2 is 1.75 bits per heavy atom. The molecule has 0 saturated carbocycles. The number of piperidine rings is 1. The average Bonchev–Trinajstić information content (AvgIpc) is 3.52.